The number of benzene rings is 1. The third-order valence-electron chi connectivity index (χ3n) is 5.33. The zero-order chi connectivity index (χ0) is 22.4. The van der Waals surface area contributed by atoms with E-state index in [-0.39, 0.29) is 22.8 Å². The van der Waals surface area contributed by atoms with E-state index in [4.69, 9.17) is 4.99 Å². The molecular weight excluding hydrogens is 469 g/mol. The molecule has 34 heavy (non-hydrogen) atoms. The van der Waals surface area contributed by atoms with Crippen LogP contribution in [-0.2, 0) is 17.1 Å². The first-order valence-electron chi connectivity index (χ1n) is 10.2. The topological polar surface area (TPSA) is 92.6 Å². The van der Waals surface area contributed by atoms with Crippen molar-refractivity contribution in [3.63, 3.8) is 0 Å². The van der Waals surface area contributed by atoms with Gasteiger partial charge in [0.15, 0.2) is 0 Å². The fraction of sp³-hybridized carbons (Fsp3) is 0. The molecule has 0 aromatic heterocycles. The number of aliphatic imine (C=N–C) groups is 4. The number of allylic oxidation sites excluding steroid dienone is 12. The van der Waals surface area contributed by atoms with Crippen LogP contribution in [0.2, 0.25) is 0 Å². The van der Waals surface area contributed by atoms with Gasteiger partial charge < -0.3 is 4.99 Å². The molecule has 6 rings (SSSR count). The maximum atomic E-state index is 11.6. The second-order valence-corrected chi connectivity index (χ2v) is 7.62. The Kier molecular flexibility index (Phi) is 5.45. The van der Waals surface area contributed by atoms with E-state index in [0.29, 0.717) is 28.3 Å². The van der Waals surface area contributed by atoms with Crippen LogP contribution in [0, 0.1) is 16.2 Å². The van der Waals surface area contributed by atoms with Crippen molar-refractivity contribution < 1.29 is 22.0 Å². The Hall–Kier alpha value is -4.26. The Balaban J connectivity index is 0.00000241. The molecule has 0 aliphatic carbocycles. The van der Waals surface area contributed by atoms with E-state index >= 15 is 0 Å². The van der Waals surface area contributed by atoms with Crippen LogP contribution in [0.1, 0.15) is 5.56 Å². The zero-order valence-electron chi connectivity index (χ0n) is 17.5. The molecule has 0 fully saturated rings. The van der Waals surface area contributed by atoms with Crippen molar-refractivity contribution in [1.29, 1.82) is 0 Å². The molecule has 0 atom stereocenters. The summed E-state index contributed by atoms with van der Waals surface area (Å²) < 4.78 is 0. The number of hydrogen-bond donors (Lipinski definition) is 0. The van der Waals surface area contributed by atoms with Crippen LogP contribution >= 0.6 is 0 Å². The zero-order valence-corrected chi connectivity index (χ0v) is 18.7. The van der Waals surface area contributed by atoms with Gasteiger partial charge in [-0.15, -0.1) is 11.6 Å². The van der Waals surface area contributed by atoms with Gasteiger partial charge in [0.05, 0.1) is 33.5 Å². The summed E-state index contributed by atoms with van der Waals surface area (Å²) in [6.07, 6.45) is 22.1. The van der Waals surface area contributed by atoms with Crippen molar-refractivity contribution in [2.75, 3.05) is 0 Å². The summed E-state index contributed by atoms with van der Waals surface area (Å²) >= 11 is 0. The molecule has 8 bridgehead atoms. The smallest absolute Gasteiger partial charge is 0.237 e. The van der Waals surface area contributed by atoms with Crippen LogP contribution in [0.5, 0.6) is 0 Å². The third kappa shape index (κ3) is 4.08. The fourth-order valence-electron chi connectivity index (χ4n) is 3.88. The number of hydrogen-bond acceptors (Lipinski definition) is 6. The van der Waals surface area contributed by atoms with Gasteiger partial charge in [-0.1, -0.05) is 30.4 Å². The van der Waals surface area contributed by atoms with Crippen molar-refractivity contribution in [2.24, 2.45) is 20.0 Å². The first-order chi connectivity index (χ1) is 16.1. The number of para-hydroxylation sites is 1. The molecular formula is C26H14MnN5O2-. The first-order valence-corrected chi connectivity index (χ1v) is 10.2. The predicted molar refractivity (Wildman–Crippen MR) is 129 cm³/mol. The summed E-state index contributed by atoms with van der Waals surface area (Å²) in [4.78, 5) is 29.8. The van der Waals surface area contributed by atoms with Crippen LogP contribution in [0.25, 0.3) is 5.57 Å². The minimum atomic E-state index is -0.394. The van der Waals surface area contributed by atoms with Crippen molar-refractivity contribution in [3.05, 3.63) is 130 Å². The number of nitro groups is 1. The molecule has 0 unspecified atom stereocenters. The summed E-state index contributed by atoms with van der Waals surface area (Å²) in [5.41, 5.74) is 6.67. The molecule has 0 saturated carbocycles. The molecule has 0 amide bonds. The van der Waals surface area contributed by atoms with Crippen LogP contribution in [0.4, 0.5) is 5.69 Å². The Bertz CT molecular complexity index is 1520. The monoisotopic (exact) mass is 483 g/mol. The van der Waals surface area contributed by atoms with Gasteiger partial charge in [-0.05, 0) is 65.6 Å². The van der Waals surface area contributed by atoms with E-state index in [1.54, 1.807) is 24.3 Å². The molecule has 5 heterocycles. The van der Waals surface area contributed by atoms with Gasteiger partial charge in [-0.2, -0.15) is 0 Å². The van der Waals surface area contributed by atoms with Gasteiger partial charge in [0.2, 0.25) is 5.69 Å². The molecule has 1 radical (unpaired) electrons. The Morgan fingerprint density at radius 2 is 1.26 bits per heavy atom. The van der Waals surface area contributed by atoms with Gasteiger partial charge >= 0.3 is 0 Å². The molecule has 0 N–H and O–H groups in total. The second-order valence-electron chi connectivity index (χ2n) is 7.62. The van der Waals surface area contributed by atoms with Gasteiger partial charge in [-0.25, -0.2) is 9.98 Å². The molecule has 1 aromatic rings. The molecule has 163 valence electrons. The minimum Gasteiger partial charge on any atom is -0.317 e. The second kappa shape index (κ2) is 8.59. The van der Waals surface area contributed by atoms with Crippen LogP contribution in [0.3, 0.4) is 0 Å². The molecule has 8 heteroatoms. The van der Waals surface area contributed by atoms with Crippen LogP contribution in [0.15, 0.2) is 128 Å². The van der Waals surface area contributed by atoms with Crippen molar-refractivity contribution >= 4 is 34.1 Å². The molecule has 0 spiro atoms. The summed E-state index contributed by atoms with van der Waals surface area (Å²) in [6, 6.07) is 6.60. The maximum absolute atomic E-state index is 11.6. The average Bonchev–Trinajstić information content (AvgIpc) is 3.59. The molecule has 1 aromatic carbocycles. The fourth-order valence-corrected chi connectivity index (χ4v) is 3.88. The van der Waals surface area contributed by atoms with Gasteiger partial charge in [0.25, 0.3) is 0 Å². The van der Waals surface area contributed by atoms with E-state index in [1.807, 2.05) is 54.7 Å². The van der Waals surface area contributed by atoms with E-state index in [9.17, 15) is 10.1 Å². The van der Waals surface area contributed by atoms with Crippen molar-refractivity contribution in [2.45, 2.75) is 0 Å². The predicted octanol–water partition coefficient (Wildman–Crippen LogP) is 4.82. The third-order valence-corrected chi connectivity index (χ3v) is 5.33. The number of rotatable bonds is 2. The van der Waals surface area contributed by atoms with E-state index in [1.165, 1.54) is 6.07 Å². The van der Waals surface area contributed by atoms with Crippen molar-refractivity contribution in [3.8, 4) is 0 Å². The van der Waals surface area contributed by atoms with Gasteiger partial charge in [0.1, 0.15) is 0 Å². The van der Waals surface area contributed by atoms with E-state index in [2.05, 4.69) is 21.1 Å². The van der Waals surface area contributed by atoms with Gasteiger partial charge in [-0.3, -0.25) is 15.1 Å². The van der Waals surface area contributed by atoms with Gasteiger partial charge in [0, 0.05) is 28.8 Å². The number of nitrogens with zero attached hydrogens (tertiary/aromatic N) is 5. The Morgan fingerprint density at radius 3 is 1.88 bits per heavy atom. The summed E-state index contributed by atoms with van der Waals surface area (Å²) in [5.74, 6) is 0. The maximum Gasteiger partial charge on any atom is 0.237 e. The summed E-state index contributed by atoms with van der Waals surface area (Å²) in [7, 11) is 0. The largest absolute Gasteiger partial charge is 0.317 e. The minimum absolute atomic E-state index is 0. The average molecular weight is 483 g/mol. The SMILES string of the molecule is O=[N+]([O-])c1ccccc1C1=[C-]C2=NC1=CC1=NC(=CC3=NC(=CC4=NC(=C2)C=C4)C=C3)C=C1.[Mn]. The summed E-state index contributed by atoms with van der Waals surface area (Å²) in [5, 5.41) is 11.6. The van der Waals surface area contributed by atoms with Crippen LogP contribution < -0.4 is 0 Å². The molecule has 0 saturated heterocycles. The summed E-state index contributed by atoms with van der Waals surface area (Å²) in [6.45, 7) is 0. The molecule has 7 nitrogen and oxygen atoms in total. The Morgan fingerprint density at radius 1 is 0.706 bits per heavy atom. The first kappa shape index (κ1) is 21.6. The molecule has 5 aliphatic rings. The van der Waals surface area contributed by atoms with Crippen molar-refractivity contribution in [1.82, 2.24) is 0 Å². The number of nitro benzene ring substituents is 1. The van der Waals surface area contributed by atoms with Crippen LogP contribution in [-0.4, -0.2) is 27.8 Å². The molecule has 5 aliphatic heterocycles. The Labute approximate surface area is 205 Å². The van der Waals surface area contributed by atoms with E-state index < -0.39 is 4.92 Å². The normalized spacial score (nSPS) is 19.2. The quantitative estimate of drug-likeness (QED) is 0.261. The van der Waals surface area contributed by atoms with E-state index in [0.717, 1.165) is 28.5 Å². The standard InChI is InChI=1S/C26H14N5O2.Mn/c32-31(33)26-4-2-1-3-23(26)24-14-22-13-20-8-7-18(28-20)11-16-5-6-17(27-16)12-19-9-10-21(29-19)15-25(24)30-22;/h1-13,15H;/q-1;. The number of fused-ring (bicyclic) bond motifs is 4.